The first-order valence-corrected chi connectivity index (χ1v) is 13.7. The van der Waals surface area contributed by atoms with Crippen LogP contribution in [0, 0.1) is 13.8 Å². The number of hydrogen-bond donors (Lipinski definition) is 1. The van der Waals surface area contributed by atoms with E-state index in [0.29, 0.717) is 49.8 Å². The van der Waals surface area contributed by atoms with E-state index in [4.69, 9.17) is 14.2 Å². The molecule has 194 valence electrons. The average Bonchev–Trinajstić information content (AvgIpc) is 3.46. The molecule has 5 rings (SSSR count). The van der Waals surface area contributed by atoms with Gasteiger partial charge in [-0.25, -0.2) is 0 Å². The Kier molecular flexibility index (Phi) is 6.71. The Balaban J connectivity index is 1.26. The first-order valence-electron chi connectivity index (χ1n) is 12.3. The number of amides is 1. The van der Waals surface area contributed by atoms with Gasteiger partial charge in [-0.2, -0.15) is 12.7 Å². The van der Waals surface area contributed by atoms with Crippen molar-refractivity contribution in [1.82, 2.24) is 9.21 Å². The Morgan fingerprint density at radius 3 is 2.64 bits per heavy atom. The first kappa shape index (κ1) is 25.0. The van der Waals surface area contributed by atoms with Crippen LogP contribution < -0.4 is 9.46 Å². The van der Waals surface area contributed by atoms with Crippen molar-refractivity contribution in [3.05, 3.63) is 59.2 Å². The number of ether oxygens (including phenoxy) is 3. The highest BCUT2D eigenvalue weighted by atomic mass is 32.2. The summed E-state index contributed by atoms with van der Waals surface area (Å²) in [6.07, 6.45) is 1.10. The van der Waals surface area contributed by atoms with Gasteiger partial charge in [0.05, 0.1) is 31.0 Å². The molecular formula is C26H33N3O6S. The molecule has 1 saturated carbocycles. The molecular weight excluding hydrogens is 482 g/mol. The van der Waals surface area contributed by atoms with Gasteiger partial charge in [0.15, 0.2) is 0 Å². The fourth-order valence-corrected chi connectivity index (χ4v) is 6.14. The van der Waals surface area contributed by atoms with Crippen molar-refractivity contribution in [1.29, 1.82) is 0 Å². The fraction of sp³-hybridized carbons (Fsp3) is 0.500. The zero-order chi connectivity index (χ0) is 25.5. The highest BCUT2D eigenvalue weighted by Crippen LogP contribution is 2.42. The number of benzene rings is 2. The van der Waals surface area contributed by atoms with Crippen LogP contribution in [0.15, 0.2) is 42.5 Å². The molecule has 9 nitrogen and oxygen atoms in total. The molecule has 0 radical (unpaired) electrons. The van der Waals surface area contributed by atoms with Gasteiger partial charge in [0, 0.05) is 31.8 Å². The van der Waals surface area contributed by atoms with Gasteiger partial charge in [-0.15, -0.1) is 0 Å². The number of nitrogens with zero attached hydrogens (tertiary/aromatic N) is 2. The standard InChI is InChI=1S/C26H33N3O6S/c1-18-7-8-19(2)22(13-18)25(30)28-15-23(33-3)24(16-28)35-21-6-4-5-20(14-21)27-36(31,32)29-11-12-34-26(17-29)9-10-26/h4-8,13-14,23-24,27H,9-12,15-17H2,1-3H3/t23-,24-/m1/s1. The van der Waals surface area contributed by atoms with Gasteiger partial charge < -0.3 is 19.1 Å². The molecule has 3 fully saturated rings. The molecule has 36 heavy (non-hydrogen) atoms. The molecule has 2 aromatic carbocycles. The predicted octanol–water partition coefficient (Wildman–Crippen LogP) is 2.74. The van der Waals surface area contributed by atoms with E-state index < -0.39 is 10.2 Å². The third-order valence-corrected chi connectivity index (χ3v) is 8.64. The van der Waals surface area contributed by atoms with Crippen molar-refractivity contribution in [2.75, 3.05) is 44.6 Å². The van der Waals surface area contributed by atoms with E-state index in [1.807, 2.05) is 32.0 Å². The zero-order valence-electron chi connectivity index (χ0n) is 20.9. The number of carbonyl (C=O) groups is 1. The monoisotopic (exact) mass is 515 g/mol. The number of likely N-dealkylation sites (tertiary alicyclic amines) is 1. The highest BCUT2D eigenvalue weighted by molar-refractivity contribution is 7.90. The lowest BCUT2D eigenvalue weighted by atomic mass is 10.0. The quantitative estimate of drug-likeness (QED) is 0.609. The summed E-state index contributed by atoms with van der Waals surface area (Å²) in [5.41, 5.74) is 2.76. The second kappa shape index (κ2) is 9.66. The number of carbonyl (C=O) groups excluding carboxylic acids is 1. The predicted molar refractivity (Wildman–Crippen MR) is 136 cm³/mol. The molecule has 2 aromatic rings. The van der Waals surface area contributed by atoms with E-state index in [-0.39, 0.29) is 23.7 Å². The van der Waals surface area contributed by atoms with Crippen LogP contribution in [-0.2, 0) is 19.7 Å². The summed E-state index contributed by atoms with van der Waals surface area (Å²) in [6.45, 7) is 5.79. The SMILES string of the molecule is CO[C@@H]1CN(C(=O)c2cc(C)ccc2C)C[C@H]1Oc1cccc(NS(=O)(=O)N2CCOC3(CC3)C2)c1. The Morgan fingerprint density at radius 2 is 1.89 bits per heavy atom. The smallest absolute Gasteiger partial charge is 0.301 e. The summed E-state index contributed by atoms with van der Waals surface area (Å²) in [5.74, 6) is 0.453. The molecule has 1 amide bonds. The van der Waals surface area contributed by atoms with E-state index in [2.05, 4.69) is 4.72 Å². The summed E-state index contributed by atoms with van der Waals surface area (Å²) in [7, 11) is -2.11. The maximum Gasteiger partial charge on any atom is 0.301 e. The zero-order valence-corrected chi connectivity index (χ0v) is 21.7. The summed E-state index contributed by atoms with van der Waals surface area (Å²) in [4.78, 5) is 15.0. The second-order valence-corrected chi connectivity index (χ2v) is 11.6. The topological polar surface area (TPSA) is 97.4 Å². The third kappa shape index (κ3) is 5.22. The largest absolute Gasteiger partial charge is 0.486 e. The molecule has 2 aliphatic heterocycles. The molecule has 0 unspecified atom stereocenters. The fourth-order valence-electron chi connectivity index (χ4n) is 4.86. The van der Waals surface area contributed by atoms with Crippen molar-refractivity contribution >= 4 is 21.8 Å². The van der Waals surface area contributed by atoms with E-state index in [1.54, 1.807) is 36.3 Å². The van der Waals surface area contributed by atoms with Gasteiger partial charge >= 0.3 is 10.2 Å². The number of rotatable bonds is 7. The Morgan fingerprint density at radius 1 is 1.11 bits per heavy atom. The van der Waals surface area contributed by atoms with Crippen molar-refractivity contribution in [3.63, 3.8) is 0 Å². The summed E-state index contributed by atoms with van der Waals surface area (Å²) in [5, 5.41) is 0. The molecule has 1 spiro atoms. The van der Waals surface area contributed by atoms with Crippen molar-refractivity contribution in [2.45, 2.75) is 44.5 Å². The van der Waals surface area contributed by atoms with Crippen molar-refractivity contribution < 1.29 is 27.4 Å². The van der Waals surface area contributed by atoms with Crippen LogP contribution in [0.2, 0.25) is 0 Å². The molecule has 0 bridgehead atoms. The lowest BCUT2D eigenvalue weighted by Crippen LogP contribution is -2.48. The summed E-state index contributed by atoms with van der Waals surface area (Å²) < 4.78 is 47.7. The molecule has 1 N–H and O–H groups in total. The van der Waals surface area contributed by atoms with Crippen LogP contribution in [0.5, 0.6) is 5.75 Å². The highest BCUT2D eigenvalue weighted by Gasteiger charge is 2.49. The van der Waals surface area contributed by atoms with Gasteiger partial charge in [-0.1, -0.05) is 23.8 Å². The van der Waals surface area contributed by atoms with Gasteiger partial charge in [-0.3, -0.25) is 9.52 Å². The minimum Gasteiger partial charge on any atom is -0.486 e. The van der Waals surface area contributed by atoms with Crippen LogP contribution in [0.4, 0.5) is 5.69 Å². The molecule has 2 saturated heterocycles. The number of hydrogen-bond acceptors (Lipinski definition) is 6. The lowest BCUT2D eigenvalue weighted by molar-refractivity contribution is -0.0199. The summed E-state index contributed by atoms with van der Waals surface area (Å²) >= 11 is 0. The van der Waals surface area contributed by atoms with Crippen molar-refractivity contribution in [2.24, 2.45) is 0 Å². The van der Waals surface area contributed by atoms with Gasteiger partial charge in [-0.05, 0) is 50.5 Å². The molecule has 2 heterocycles. The first-order chi connectivity index (χ1) is 17.2. The molecule has 0 aromatic heterocycles. The summed E-state index contributed by atoms with van der Waals surface area (Å²) in [6, 6.07) is 12.7. The van der Waals surface area contributed by atoms with Crippen LogP contribution in [0.3, 0.4) is 0 Å². The second-order valence-electron chi connectivity index (χ2n) is 9.96. The lowest BCUT2D eigenvalue weighted by Gasteiger charge is -2.32. The van der Waals surface area contributed by atoms with Crippen molar-refractivity contribution in [3.8, 4) is 5.75 Å². The molecule has 2 atom stereocenters. The van der Waals surface area contributed by atoms with Crippen LogP contribution in [0.1, 0.15) is 34.3 Å². The van der Waals surface area contributed by atoms with E-state index in [1.165, 1.54) is 4.31 Å². The van der Waals surface area contributed by atoms with Crippen LogP contribution in [0.25, 0.3) is 0 Å². The van der Waals surface area contributed by atoms with E-state index in [0.717, 1.165) is 24.0 Å². The molecule has 10 heteroatoms. The number of anilines is 1. The average molecular weight is 516 g/mol. The van der Waals surface area contributed by atoms with E-state index in [9.17, 15) is 13.2 Å². The Hall–Kier alpha value is -2.66. The Labute approximate surface area is 212 Å². The van der Waals surface area contributed by atoms with Gasteiger partial charge in [0.1, 0.15) is 18.0 Å². The Bertz CT molecular complexity index is 1250. The number of nitrogens with one attached hydrogen (secondary N) is 1. The molecule has 3 aliphatic rings. The van der Waals surface area contributed by atoms with Gasteiger partial charge in [0.2, 0.25) is 0 Å². The number of aryl methyl sites for hydroxylation is 2. The normalized spacial score (nSPS) is 23.6. The minimum absolute atomic E-state index is 0.0511. The number of methoxy groups -OCH3 is 1. The minimum atomic E-state index is -3.71. The number of morpholine rings is 1. The van der Waals surface area contributed by atoms with Crippen LogP contribution >= 0.6 is 0 Å². The van der Waals surface area contributed by atoms with Crippen LogP contribution in [-0.4, -0.2) is 81.2 Å². The van der Waals surface area contributed by atoms with Gasteiger partial charge in [0.25, 0.3) is 5.91 Å². The third-order valence-electron chi connectivity index (χ3n) is 7.16. The maximum atomic E-state index is 13.2. The molecule has 1 aliphatic carbocycles. The van der Waals surface area contributed by atoms with E-state index >= 15 is 0 Å². The maximum absolute atomic E-state index is 13.2.